The lowest BCUT2D eigenvalue weighted by molar-refractivity contribution is 0.0697. The summed E-state index contributed by atoms with van der Waals surface area (Å²) in [6.45, 7) is 2.69. The summed E-state index contributed by atoms with van der Waals surface area (Å²) in [5.74, 6) is -1.20. The molecule has 0 saturated carbocycles. The van der Waals surface area contributed by atoms with Crippen molar-refractivity contribution in [3.05, 3.63) is 35.4 Å². The first-order valence-electron chi connectivity index (χ1n) is 7.95. The number of nitrogens with one attached hydrogen (secondary N) is 1. The van der Waals surface area contributed by atoms with Crippen LogP contribution in [-0.2, 0) is 10.0 Å². The molecule has 132 valence electrons. The number of rotatable bonds is 6. The van der Waals surface area contributed by atoms with Crippen molar-refractivity contribution in [2.75, 3.05) is 18.8 Å². The number of hydrogen-bond donors (Lipinski definition) is 2. The molecule has 1 saturated heterocycles. The molecule has 1 aromatic rings. The highest BCUT2D eigenvalue weighted by Crippen LogP contribution is 2.16. The number of sulfonamides is 1. The van der Waals surface area contributed by atoms with E-state index in [0.29, 0.717) is 37.9 Å². The van der Waals surface area contributed by atoms with Gasteiger partial charge in [-0.05, 0) is 37.5 Å². The van der Waals surface area contributed by atoms with Gasteiger partial charge in [0.1, 0.15) is 0 Å². The maximum Gasteiger partial charge on any atom is 0.335 e. The van der Waals surface area contributed by atoms with Crippen LogP contribution in [0.15, 0.2) is 24.3 Å². The van der Waals surface area contributed by atoms with Crippen LogP contribution in [0.2, 0.25) is 0 Å². The summed E-state index contributed by atoms with van der Waals surface area (Å²) in [5, 5.41) is 9.00. The number of aromatic carboxylic acids is 1. The third kappa shape index (κ3) is 4.78. The second-order valence-electron chi connectivity index (χ2n) is 5.89. The summed E-state index contributed by atoms with van der Waals surface area (Å²) in [7, 11) is -3.26. The number of carboxylic acids is 1. The Bertz CT molecular complexity index is 709. The van der Waals surface area contributed by atoms with Gasteiger partial charge in [-0.1, -0.05) is 13.0 Å². The Hall–Kier alpha value is -1.93. The summed E-state index contributed by atoms with van der Waals surface area (Å²) in [5.41, 5.74) is 0.406. The molecule has 0 unspecified atom stereocenters. The molecule has 1 aromatic carbocycles. The van der Waals surface area contributed by atoms with Crippen molar-refractivity contribution < 1.29 is 23.1 Å². The standard InChI is InChI=1S/C16H22N2O5S/c1-2-10-24(22,23)17-14-6-8-18(9-7-14)15(19)12-4-3-5-13(11-12)16(20)21/h3-5,11,14,17H,2,6-10H2,1H3,(H,20,21). The van der Waals surface area contributed by atoms with Crippen molar-refractivity contribution in [1.82, 2.24) is 9.62 Å². The summed E-state index contributed by atoms with van der Waals surface area (Å²) < 4.78 is 26.3. The van der Waals surface area contributed by atoms with Crippen LogP contribution in [0, 0.1) is 0 Å². The molecular weight excluding hydrogens is 332 g/mol. The van der Waals surface area contributed by atoms with Gasteiger partial charge in [0.05, 0.1) is 11.3 Å². The first-order chi connectivity index (χ1) is 11.3. The van der Waals surface area contributed by atoms with Crippen LogP contribution >= 0.6 is 0 Å². The molecule has 7 nitrogen and oxygen atoms in total. The van der Waals surface area contributed by atoms with Gasteiger partial charge in [-0.2, -0.15) is 0 Å². The number of nitrogens with zero attached hydrogens (tertiary/aromatic N) is 1. The number of carboxylic acid groups (broad SMARTS) is 1. The molecule has 1 heterocycles. The van der Waals surface area contributed by atoms with Gasteiger partial charge in [-0.25, -0.2) is 17.9 Å². The van der Waals surface area contributed by atoms with Crippen LogP contribution in [0.4, 0.5) is 0 Å². The number of likely N-dealkylation sites (tertiary alicyclic amines) is 1. The fraction of sp³-hybridized carbons (Fsp3) is 0.500. The molecule has 2 N–H and O–H groups in total. The molecule has 1 amide bonds. The quantitative estimate of drug-likeness (QED) is 0.802. The van der Waals surface area contributed by atoms with Gasteiger partial charge in [-0.3, -0.25) is 4.79 Å². The van der Waals surface area contributed by atoms with Gasteiger partial charge >= 0.3 is 5.97 Å². The minimum absolute atomic E-state index is 0.0723. The van der Waals surface area contributed by atoms with E-state index in [-0.39, 0.29) is 23.3 Å². The highest BCUT2D eigenvalue weighted by molar-refractivity contribution is 7.89. The highest BCUT2D eigenvalue weighted by Gasteiger charge is 2.26. The van der Waals surface area contributed by atoms with Crippen LogP contribution in [-0.4, -0.2) is 55.2 Å². The van der Waals surface area contributed by atoms with Gasteiger partial charge in [-0.15, -0.1) is 0 Å². The third-order valence-electron chi connectivity index (χ3n) is 3.96. The second-order valence-corrected chi connectivity index (χ2v) is 7.76. The van der Waals surface area contributed by atoms with E-state index in [1.807, 2.05) is 6.92 Å². The van der Waals surface area contributed by atoms with Gasteiger partial charge in [0.25, 0.3) is 5.91 Å². The molecule has 1 aliphatic heterocycles. The number of carbonyl (C=O) groups is 2. The summed E-state index contributed by atoms with van der Waals surface area (Å²) in [4.78, 5) is 25.1. The van der Waals surface area contributed by atoms with Crippen LogP contribution in [0.1, 0.15) is 46.9 Å². The lowest BCUT2D eigenvalue weighted by Crippen LogP contribution is -2.47. The minimum Gasteiger partial charge on any atom is -0.478 e. The Balaban J connectivity index is 1.96. The predicted octanol–water partition coefficient (Wildman–Crippen LogP) is 1.32. The van der Waals surface area contributed by atoms with Gasteiger partial charge in [0.2, 0.25) is 10.0 Å². The fourth-order valence-electron chi connectivity index (χ4n) is 2.75. The zero-order chi connectivity index (χ0) is 17.7. The smallest absolute Gasteiger partial charge is 0.335 e. The zero-order valence-electron chi connectivity index (χ0n) is 13.6. The topological polar surface area (TPSA) is 104 Å². The van der Waals surface area contributed by atoms with Crippen LogP contribution < -0.4 is 4.72 Å². The maximum absolute atomic E-state index is 12.5. The molecule has 0 atom stereocenters. The number of piperidine rings is 1. The number of amides is 1. The summed E-state index contributed by atoms with van der Waals surface area (Å²) in [6, 6.07) is 5.78. The van der Waals surface area contributed by atoms with E-state index < -0.39 is 16.0 Å². The lowest BCUT2D eigenvalue weighted by Gasteiger charge is -2.32. The van der Waals surface area contributed by atoms with E-state index in [1.165, 1.54) is 12.1 Å². The highest BCUT2D eigenvalue weighted by atomic mass is 32.2. The van der Waals surface area contributed by atoms with E-state index in [4.69, 9.17) is 5.11 Å². The van der Waals surface area contributed by atoms with Crippen molar-refractivity contribution >= 4 is 21.9 Å². The summed E-state index contributed by atoms with van der Waals surface area (Å²) in [6.07, 6.45) is 1.66. The van der Waals surface area contributed by atoms with Crippen molar-refractivity contribution in [2.45, 2.75) is 32.2 Å². The Morgan fingerprint density at radius 2 is 1.88 bits per heavy atom. The molecule has 24 heavy (non-hydrogen) atoms. The summed E-state index contributed by atoms with van der Waals surface area (Å²) >= 11 is 0. The largest absolute Gasteiger partial charge is 0.478 e. The average molecular weight is 354 g/mol. The van der Waals surface area contributed by atoms with Gasteiger partial charge in [0.15, 0.2) is 0 Å². The number of benzene rings is 1. The maximum atomic E-state index is 12.5. The average Bonchev–Trinajstić information content (AvgIpc) is 2.54. The van der Waals surface area contributed by atoms with Crippen molar-refractivity contribution in [3.63, 3.8) is 0 Å². The fourth-order valence-corrected chi connectivity index (χ4v) is 4.15. The molecule has 1 aliphatic rings. The van der Waals surface area contributed by atoms with Gasteiger partial charge < -0.3 is 10.0 Å². The van der Waals surface area contributed by atoms with E-state index in [9.17, 15) is 18.0 Å². The van der Waals surface area contributed by atoms with E-state index in [1.54, 1.807) is 17.0 Å². The Labute approximate surface area is 141 Å². The van der Waals surface area contributed by atoms with E-state index in [2.05, 4.69) is 4.72 Å². The Kier molecular flexibility index (Phi) is 5.95. The third-order valence-corrected chi connectivity index (χ3v) is 5.60. The molecule has 2 rings (SSSR count). The molecular formula is C16H22N2O5S. The number of carbonyl (C=O) groups excluding carboxylic acids is 1. The first kappa shape index (κ1) is 18.4. The first-order valence-corrected chi connectivity index (χ1v) is 9.60. The van der Waals surface area contributed by atoms with Crippen molar-refractivity contribution in [2.24, 2.45) is 0 Å². The van der Waals surface area contributed by atoms with E-state index in [0.717, 1.165) is 0 Å². The monoisotopic (exact) mass is 354 g/mol. The SMILES string of the molecule is CCCS(=O)(=O)NC1CCN(C(=O)c2cccc(C(=O)O)c2)CC1. The molecule has 1 fully saturated rings. The molecule has 0 aromatic heterocycles. The lowest BCUT2D eigenvalue weighted by atomic mass is 10.0. The van der Waals surface area contributed by atoms with Crippen molar-refractivity contribution in [1.29, 1.82) is 0 Å². The Morgan fingerprint density at radius 1 is 1.25 bits per heavy atom. The molecule has 8 heteroatoms. The molecule has 0 bridgehead atoms. The molecule has 0 aliphatic carbocycles. The van der Waals surface area contributed by atoms with Crippen LogP contribution in [0.5, 0.6) is 0 Å². The molecule has 0 spiro atoms. The van der Waals surface area contributed by atoms with E-state index >= 15 is 0 Å². The van der Waals surface area contributed by atoms with Crippen LogP contribution in [0.25, 0.3) is 0 Å². The second kappa shape index (κ2) is 7.76. The van der Waals surface area contributed by atoms with Crippen molar-refractivity contribution in [3.8, 4) is 0 Å². The zero-order valence-corrected chi connectivity index (χ0v) is 14.4. The number of hydrogen-bond acceptors (Lipinski definition) is 4. The predicted molar refractivity (Wildman–Crippen MR) is 89.5 cm³/mol. The minimum atomic E-state index is -3.26. The van der Waals surface area contributed by atoms with Crippen LogP contribution in [0.3, 0.4) is 0 Å². The molecule has 0 radical (unpaired) electrons. The normalized spacial score (nSPS) is 16.1. The Morgan fingerprint density at radius 3 is 2.46 bits per heavy atom. The van der Waals surface area contributed by atoms with Gasteiger partial charge in [0, 0.05) is 24.7 Å².